The molecule has 1 saturated heterocycles. The van der Waals surface area contributed by atoms with E-state index in [-0.39, 0.29) is 30.9 Å². The molecule has 1 fully saturated rings. The van der Waals surface area contributed by atoms with Crippen LogP contribution >= 0.6 is 0 Å². The minimum absolute atomic E-state index is 0.0551. The lowest BCUT2D eigenvalue weighted by Gasteiger charge is -2.34. The molecular weight excluding hydrogens is 405 g/mol. The van der Waals surface area contributed by atoms with Crippen molar-refractivity contribution in [1.82, 2.24) is 13.9 Å². The van der Waals surface area contributed by atoms with E-state index in [2.05, 4.69) is 5.32 Å². The van der Waals surface area contributed by atoms with Crippen molar-refractivity contribution in [2.75, 3.05) is 19.6 Å². The predicted molar refractivity (Wildman–Crippen MR) is 114 cm³/mol. The molecule has 1 atom stereocenters. The summed E-state index contributed by atoms with van der Waals surface area (Å²) in [6.45, 7) is 2.58. The number of nitrogens with one attached hydrogen (secondary N) is 1. The Kier molecular flexibility index (Phi) is 7.58. The number of hydrogen-bond donors (Lipinski definition) is 1. The number of carbonyl (C=O) groups is 1. The molecule has 0 bridgehead atoms. The average molecular weight is 434 g/mol. The van der Waals surface area contributed by atoms with Gasteiger partial charge in [0, 0.05) is 25.7 Å². The van der Waals surface area contributed by atoms with E-state index < -0.39 is 10.2 Å². The van der Waals surface area contributed by atoms with Crippen molar-refractivity contribution >= 4 is 16.1 Å². The highest BCUT2D eigenvalue weighted by atomic mass is 32.2. The number of hydrogen-bond acceptors (Lipinski definition) is 3. The van der Waals surface area contributed by atoms with Crippen LogP contribution in [0.15, 0.2) is 54.6 Å². The fourth-order valence-electron chi connectivity index (χ4n) is 3.51. The Bertz CT molecular complexity index is 936. The lowest BCUT2D eigenvalue weighted by Crippen LogP contribution is -2.52. The fourth-order valence-corrected chi connectivity index (χ4v) is 5.15. The van der Waals surface area contributed by atoms with Crippen LogP contribution in [0.5, 0.6) is 0 Å². The van der Waals surface area contributed by atoms with Crippen molar-refractivity contribution in [2.45, 2.75) is 38.8 Å². The molecule has 0 radical (unpaired) electrons. The fraction of sp³-hybridized carbons (Fsp3) is 0.409. The molecule has 162 valence electrons. The van der Waals surface area contributed by atoms with Crippen LogP contribution in [0, 0.1) is 5.82 Å². The molecule has 3 rings (SSSR count). The molecule has 0 saturated carbocycles. The molecule has 1 aliphatic heterocycles. The summed E-state index contributed by atoms with van der Waals surface area (Å²) in [6, 6.07) is 15.7. The van der Waals surface area contributed by atoms with Gasteiger partial charge in [0.05, 0.1) is 6.54 Å². The zero-order valence-corrected chi connectivity index (χ0v) is 17.9. The molecule has 30 heavy (non-hydrogen) atoms. The molecule has 8 heteroatoms. The van der Waals surface area contributed by atoms with Gasteiger partial charge >= 0.3 is 0 Å². The van der Waals surface area contributed by atoms with E-state index in [9.17, 15) is 17.6 Å². The molecule has 1 heterocycles. The summed E-state index contributed by atoms with van der Waals surface area (Å²) in [7, 11) is -3.75. The van der Waals surface area contributed by atoms with E-state index in [1.807, 2.05) is 37.3 Å². The number of benzene rings is 2. The highest BCUT2D eigenvalue weighted by molar-refractivity contribution is 7.86. The third kappa shape index (κ3) is 6.10. The van der Waals surface area contributed by atoms with Gasteiger partial charge in [-0.1, -0.05) is 42.5 Å². The van der Waals surface area contributed by atoms with Gasteiger partial charge in [0.2, 0.25) is 5.91 Å². The molecule has 1 N–H and O–H groups in total. The number of carbonyl (C=O) groups excluding carboxylic acids is 1. The van der Waals surface area contributed by atoms with E-state index in [0.717, 1.165) is 12.8 Å². The molecule has 2 aromatic rings. The second-order valence-electron chi connectivity index (χ2n) is 7.65. The normalized spacial score (nSPS) is 18.1. The van der Waals surface area contributed by atoms with Crippen LogP contribution < -0.4 is 5.32 Å². The Morgan fingerprint density at radius 2 is 1.70 bits per heavy atom. The molecular formula is C22H28FN3O3S. The van der Waals surface area contributed by atoms with Crippen LogP contribution in [0.3, 0.4) is 0 Å². The second kappa shape index (κ2) is 10.1. The van der Waals surface area contributed by atoms with Gasteiger partial charge in [0.25, 0.3) is 10.2 Å². The standard InChI is InChI=1S/C22H28FN3O3S/c1-18(8-9-19-6-3-2-4-7-19)24-22(27)17-26-15-5-14-25(30(26,28)29)16-20-10-12-21(23)13-11-20/h2-4,6-7,10-13,18H,5,8-9,14-17H2,1H3,(H,24,27)/t18-/m0/s1. The first kappa shape index (κ1) is 22.4. The SMILES string of the molecule is C[C@@H](CCc1ccccc1)NC(=O)CN1CCCN(Cc2ccc(F)cc2)S1(=O)=O. The van der Waals surface area contributed by atoms with E-state index in [1.165, 1.54) is 26.3 Å². The van der Waals surface area contributed by atoms with Crippen molar-refractivity contribution in [1.29, 1.82) is 0 Å². The molecule has 0 aromatic heterocycles. The lowest BCUT2D eigenvalue weighted by atomic mass is 10.1. The largest absolute Gasteiger partial charge is 0.352 e. The Morgan fingerprint density at radius 3 is 2.40 bits per heavy atom. The summed E-state index contributed by atoms with van der Waals surface area (Å²) in [5, 5.41) is 2.90. The van der Waals surface area contributed by atoms with Gasteiger partial charge < -0.3 is 5.32 Å². The van der Waals surface area contributed by atoms with E-state index in [1.54, 1.807) is 12.1 Å². The van der Waals surface area contributed by atoms with E-state index in [0.29, 0.717) is 25.1 Å². The number of halogens is 1. The maximum Gasteiger partial charge on any atom is 0.282 e. The zero-order valence-electron chi connectivity index (χ0n) is 17.1. The predicted octanol–water partition coefficient (Wildman–Crippen LogP) is 2.72. The highest BCUT2D eigenvalue weighted by Gasteiger charge is 2.34. The van der Waals surface area contributed by atoms with Gasteiger partial charge in [0.15, 0.2) is 0 Å². The highest BCUT2D eigenvalue weighted by Crippen LogP contribution is 2.19. The van der Waals surface area contributed by atoms with Crippen LogP contribution in [-0.2, 0) is 28.0 Å². The van der Waals surface area contributed by atoms with Crippen LogP contribution in [0.1, 0.15) is 30.9 Å². The molecule has 1 aliphatic rings. The van der Waals surface area contributed by atoms with Gasteiger partial charge in [0.1, 0.15) is 5.82 Å². The zero-order chi connectivity index (χ0) is 21.6. The van der Waals surface area contributed by atoms with Crippen molar-refractivity contribution in [3.8, 4) is 0 Å². The lowest BCUT2D eigenvalue weighted by molar-refractivity contribution is -0.122. The molecule has 2 aromatic carbocycles. The van der Waals surface area contributed by atoms with Crippen LogP contribution in [0.4, 0.5) is 4.39 Å². The third-order valence-corrected chi connectivity index (χ3v) is 7.10. The second-order valence-corrected chi connectivity index (χ2v) is 9.58. The van der Waals surface area contributed by atoms with Crippen LogP contribution in [0.2, 0.25) is 0 Å². The van der Waals surface area contributed by atoms with Crippen molar-refractivity contribution < 1.29 is 17.6 Å². The van der Waals surface area contributed by atoms with Crippen molar-refractivity contribution in [2.24, 2.45) is 0 Å². The first-order valence-corrected chi connectivity index (χ1v) is 11.6. The van der Waals surface area contributed by atoms with Crippen LogP contribution in [0.25, 0.3) is 0 Å². The summed E-state index contributed by atoms with van der Waals surface area (Å²) in [5.74, 6) is -0.664. The summed E-state index contributed by atoms with van der Waals surface area (Å²) in [5.41, 5.74) is 1.91. The molecule has 0 unspecified atom stereocenters. The Hall–Kier alpha value is -2.29. The maximum atomic E-state index is 13.1. The Balaban J connectivity index is 1.53. The van der Waals surface area contributed by atoms with Crippen molar-refractivity contribution in [3.05, 3.63) is 71.5 Å². The number of nitrogens with zero attached hydrogens (tertiary/aromatic N) is 2. The summed E-state index contributed by atoms with van der Waals surface area (Å²) in [6.07, 6.45) is 2.26. The summed E-state index contributed by atoms with van der Waals surface area (Å²) in [4.78, 5) is 12.4. The average Bonchev–Trinajstić information content (AvgIpc) is 2.72. The van der Waals surface area contributed by atoms with Gasteiger partial charge in [-0.3, -0.25) is 4.79 Å². The number of aryl methyl sites for hydroxylation is 1. The molecule has 6 nitrogen and oxygen atoms in total. The summed E-state index contributed by atoms with van der Waals surface area (Å²) < 4.78 is 41.5. The van der Waals surface area contributed by atoms with Gasteiger partial charge in [-0.05, 0) is 49.4 Å². The smallest absolute Gasteiger partial charge is 0.282 e. The Morgan fingerprint density at radius 1 is 1.03 bits per heavy atom. The van der Waals surface area contributed by atoms with Gasteiger partial charge in [-0.25, -0.2) is 4.39 Å². The monoisotopic (exact) mass is 433 g/mol. The third-order valence-electron chi connectivity index (χ3n) is 5.18. The minimum Gasteiger partial charge on any atom is -0.352 e. The van der Waals surface area contributed by atoms with Gasteiger partial charge in [-0.15, -0.1) is 0 Å². The maximum absolute atomic E-state index is 13.1. The van der Waals surface area contributed by atoms with Crippen molar-refractivity contribution in [3.63, 3.8) is 0 Å². The first-order valence-electron chi connectivity index (χ1n) is 10.2. The number of rotatable bonds is 8. The molecule has 0 aliphatic carbocycles. The Labute approximate surface area is 177 Å². The van der Waals surface area contributed by atoms with Gasteiger partial charge in [-0.2, -0.15) is 17.0 Å². The van der Waals surface area contributed by atoms with Crippen LogP contribution in [-0.4, -0.2) is 48.6 Å². The first-order chi connectivity index (χ1) is 14.3. The molecule has 0 spiro atoms. The number of amides is 1. The quantitative estimate of drug-likeness (QED) is 0.696. The van der Waals surface area contributed by atoms with E-state index >= 15 is 0 Å². The topological polar surface area (TPSA) is 69.7 Å². The van der Waals surface area contributed by atoms with E-state index in [4.69, 9.17) is 0 Å². The minimum atomic E-state index is -3.75. The summed E-state index contributed by atoms with van der Waals surface area (Å²) >= 11 is 0. The molecule has 1 amide bonds.